The first kappa shape index (κ1) is 13.7. The lowest BCUT2D eigenvalue weighted by Crippen LogP contribution is -2.35. The average molecular weight is 261 g/mol. The minimum atomic E-state index is -1.09. The van der Waals surface area contributed by atoms with Crippen molar-refractivity contribution >= 4 is 0 Å². The highest BCUT2D eigenvalue weighted by Gasteiger charge is 2.31. The van der Waals surface area contributed by atoms with E-state index in [2.05, 4.69) is 10.1 Å². The minimum absolute atomic E-state index is 0.216. The SMILES string of the molecule is CCn1ncnc1CC(O)(COC)c1ccccc1. The molecule has 2 aromatic rings. The molecule has 0 aliphatic rings. The van der Waals surface area contributed by atoms with Gasteiger partial charge in [-0.1, -0.05) is 30.3 Å². The van der Waals surface area contributed by atoms with Crippen LogP contribution < -0.4 is 0 Å². The number of hydrogen-bond donors (Lipinski definition) is 1. The average Bonchev–Trinajstić information content (AvgIpc) is 2.87. The van der Waals surface area contributed by atoms with Crippen molar-refractivity contribution in [3.63, 3.8) is 0 Å². The van der Waals surface area contributed by atoms with Gasteiger partial charge < -0.3 is 9.84 Å². The summed E-state index contributed by atoms with van der Waals surface area (Å²) in [5.41, 5.74) is -0.266. The van der Waals surface area contributed by atoms with Crippen molar-refractivity contribution in [3.05, 3.63) is 48.0 Å². The molecule has 0 aliphatic carbocycles. The van der Waals surface area contributed by atoms with E-state index in [4.69, 9.17) is 4.74 Å². The van der Waals surface area contributed by atoms with Crippen molar-refractivity contribution in [1.29, 1.82) is 0 Å². The molecule has 1 aromatic carbocycles. The number of nitrogens with zero attached hydrogens (tertiary/aromatic N) is 3. The summed E-state index contributed by atoms with van der Waals surface area (Å²) >= 11 is 0. The molecule has 2 rings (SSSR count). The Labute approximate surface area is 112 Å². The highest BCUT2D eigenvalue weighted by Crippen LogP contribution is 2.25. The second-order valence-electron chi connectivity index (χ2n) is 4.50. The highest BCUT2D eigenvalue weighted by molar-refractivity contribution is 5.23. The predicted molar refractivity (Wildman–Crippen MR) is 71.6 cm³/mol. The fourth-order valence-corrected chi connectivity index (χ4v) is 2.17. The lowest BCUT2D eigenvalue weighted by atomic mass is 9.91. The van der Waals surface area contributed by atoms with Crippen molar-refractivity contribution < 1.29 is 9.84 Å². The number of rotatable bonds is 6. The van der Waals surface area contributed by atoms with Crippen molar-refractivity contribution in [3.8, 4) is 0 Å². The fourth-order valence-electron chi connectivity index (χ4n) is 2.17. The lowest BCUT2D eigenvalue weighted by Gasteiger charge is -2.27. The summed E-state index contributed by atoms with van der Waals surface area (Å²) < 4.78 is 6.96. The fraction of sp³-hybridized carbons (Fsp3) is 0.429. The Balaban J connectivity index is 2.30. The first-order chi connectivity index (χ1) is 9.19. The van der Waals surface area contributed by atoms with Gasteiger partial charge in [-0.05, 0) is 12.5 Å². The van der Waals surface area contributed by atoms with Crippen LogP contribution in [0.1, 0.15) is 18.3 Å². The monoisotopic (exact) mass is 261 g/mol. The zero-order valence-electron chi connectivity index (χ0n) is 11.3. The van der Waals surface area contributed by atoms with Gasteiger partial charge in [0.2, 0.25) is 0 Å². The summed E-state index contributed by atoms with van der Waals surface area (Å²) in [4.78, 5) is 4.22. The van der Waals surface area contributed by atoms with E-state index in [1.807, 2.05) is 37.3 Å². The van der Waals surface area contributed by atoms with E-state index in [1.54, 1.807) is 11.8 Å². The van der Waals surface area contributed by atoms with Gasteiger partial charge in [-0.2, -0.15) is 5.10 Å². The van der Waals surface area contributed by atoms with Crippen LogP contribution in [0.2, 0.25) is 0 Å². The van der Waals surface area contributed by atoms with E-state index in [0.717, 1.165) is 17.9 Å². The number of aromatic nitrogens is 3. The number of hydrogen-bond acceptors (Lipinski definition) is 4. The summed E-state index contributed by atoms with van der Waals surface area (Å²) in [5, 5.41) is 15.0. The second kappa shape index (κ2) is 5.95. The third kappa shape index (κ3) is 3.00. The van der Waals surface area contributed by atoms with Gasteiger partial charge in [-0.25, -0.2) is 4.98 Å². The summed E-state index contributed by atoms with van der Waals surface area (Å²) in [6, 6.07) is 9.52. The molecule has 1 unspecified atom stereocenters. The summed E-state index contributed by atoms with van der Waals surface area (Å²) in [6.45, 7) is 2.94. The smallest absolute Gasteiger partial charge is 0.138 e. The lowest BCUT2D eigenvalue weighted by molar-refractivity contribution is -0.0375. The van der Waals surface area contributed by atoms with Crippen LogP contribution >= 0.6 is 0 Å². The molecule has 0 amide bonds. The molecule has 1 heterocycles. The Hall–Kier alpha value is -1.72. The molecule has 0 bridgehead atoms. The summed E-state index contributed by atoms with van der Waals surface area (Å²) in [6.07, 6.45) is 1.88. The molecule has 0 aliphatic heterocycles. The van der Waals surface area contributed by atoms with Crippen molar-refractivity contribution in [2.24, 2.45) is 0 Å². The Kier molecular flexibility index (Phi) is 4.29. The zero-order valence-corrected chi connectivity index (χ0v) is 11.3. The van der Waals surface area contributed by atoms with Crippen molar-refractivity contribution in [2.45, 2.75) is 25.5 Å². The molecular weight excluding hydrogens is 242 g/mol. The normalized spacial score (nSPS) is 14.3. The Morgan fingerprint density at radius 1 is 1.32 bits per heavy atom. The maximum absolute atomic E-state index is 10.9. The topological polar surface area (TPSA) is 60.2 Å². The number of ether oxygens (including phenoxy) is 1. The zero-order chi connectivity index (χ0) is 13.7. The second-order valence-corrected chi connectivity index (χ2v) is 4.50. The predicted octanol–water partition coefficient (Wildman–Crippen LogP) is 1.37. The molecule has 1 aromatic heterocycles. The van der Waals surface area contributed by atoms with E-state index >= 15 is 0 Å². The van der Waals surface area contributed by atoms with Gasteiger partial charge in [0.05, 0.1) is 6.61 Å². The van der Waals surface area contributed by atoms with E-state index < -0.39 is 5.60 Å². The Morgan fingerprint density at radius 2 is 2.05 bits per heavy atom. The minimum Gasteiger partial charge on any atom is -0.382 e. The number of aliphatic hydroxyl groups is 1. The first-order valence-electron chi connectivity index (χ1n) is 6.33. The van der Waals surface area contributed by atoms with Gasteiger partial charge in [-0.3, -0.25) is 4.68 Å². The third-order valence-electron chi connectivity index (χ3n) is 3.14. The number of methoxy groups -OCH3 is 1. The van der Waals surface area contributed by atoms with Gasteiger partial charge >= 0.3 is 0 Å². The van der Waals surface area contributed by atoms with Gasteiger partial charge in [0.1, 0.15) is 17.8 Å². The van der Waals surface area contributed by atoms with Crippen molar-refractivity contribution in [1.82, 2.24) is 14.8 Å². The Morgan fingerprint density at radius 3 is 2.68 bits per heavy atom. The number of benzene rings is 1. The maximum atomic E-state index is 10.9. The maximum Gasteiger partial charge on any atom is 0.138 e. The van der Waals surface area contributed by atoms with Crippen LogP contribution in [0, 0.1) is 0 Å². The molecule has 19 heavy (non-hydrogen) atoms. The van der Waals surface area contributed by atoms with Crippen LogP contribution in [-0.2, 0) is 23.3 Å². The van der Waals surface area contributed by atoms with Crippen LogP contribution in [-0.4, -0.2) is 33.6 Å². The molecule has 102 valence electrons. The molecule has 1 atom stereocenters. The van der Waals surface area contributed by atoms with Crippen LogP contribution in [0.5, 0.6) is 0 Å². The van der Waals surface area contributed by atoms with E-state index in [9.17, 15) is 5.11 Å². The molecule has 0 fully saturated rings. The van der Waals surface area contributed by atoms with Gasteiger partial charge in [0, 0.05) is 20.1 Å². The molecule has 1 N–H and O–H groups in total. The number of aryl methyl sites for hydroxylation is 1. The van der Waals surface area contributed by atoms with E-state index in [-0.39, 0.29) is 6.61 Å². The summed E-state index contributed by atoms with van der Waals surface area (Å²) in [5.74, 6) is 0.755. The summed E-state index contributed by atoms with van der Waals surface area (Å²) in [7, 11) is 1.58. The quantitative estimate of drug-likeness (QED) is 0.853. The van der Waals surface area contributed by atoms with Crippen LogP contribution in [0.3, 0.4) is 0 Å². The standard InChI is InChI=1S/C14H19N3O2/c1-3-17-13(15-11-16-17)9-14(18,10-19-2)12-7-5-4-6-8-12/h4-8,11,18H,3,9-10H2,1-2H3. The molecule has 0 spiro atoms. The molecular formula is C14H19N3O2. The largest absolute Gasteiger partial charge is 0.382 e. The molecule has 5 heteroatoms. The highest BCUT2D eigenvalue weighted by atomic mass is 16.5. The molecule has 0 saturated heterocycles. The van der Waals surface area contributed by atoms with E-state index in [1.165, 1.54) is 6.33 Å². The van der Waals surface area contributed by atoms with Gasteiger partial charge in [0.15, 0.2) is 0 Å². The third-order valence-corrected chi connectivity index (χ3v) is 3.14. The van der Waals surface area contributed by atoms with E-state index in [0.29, 0.717) is 6.42 Å². The first-order valence-corrected chi connectivity index (χ1v) is 6.33. The molecule has 0 saturated carbocycles. The van der Waals surface area contributed by atoms with Gasteiger partial charge in [0.25, 0.3) is 0 Å². The van der Waals surface area contributed by atoms with Crippen LogP contribution in [0.15, 0.2) is 36.7 Å². The van der Waals surface area contributed by atoms with Crippen molar-refractivity contribution in [2.75, 3.05) is 13.7 Å². The van der Waals surface area contributed by atoms with Gasteiger partial charge in [-0.15, -0.1) is 0 Å². The van der Waals surface area contributed by atoms with Crippen LogP contribution in [0.25, 0.3) is 0 Å². The molecule has 0 radical (unpaired) electrons. The molecule has 5 nitrogen and oxygen atoms in total. The van der Waals surface area contributed by atoms with Crippen LogP contribution in [0.4, 0.5) is 0 Å². The Bertz CT molecular complexity index is 512.